The van der Waals surface area contributed by atoms with Crippen molar-refractivity contribution in [2.24, 2.45) is 0 Å². The van der Waals surface area contributed by atoms with E-state index in [-0.39, 0.29) is 12.0 Å². The number of nitrogens with zero attached hydrogens (tertiary/aromatic N) is 4. The number of ether oxygens (including phenoxy) is 1. The molecule has 1 unspecified atom stereocenters. The lowest BCUT2D eigenvalue weighted by Gasteiger charge is -2.22. The molecule has 0 spiro atoms. The number of anilines is 2. The Morgan fingerprint density at radius 1 is 1.15 bits per heavy atom. The number of nitrogens with one attached hydrogen (secondary N) is 1. The van der Waals surface area contributed by atoms with Gasteiger partial charge in [0, 0.05) is 32.0 Å². The molecule has 0 bridgehead atoms. The molecular weight excluding hydrogens is 446 g/mol. The summed E-state index contributed by atoms with van der Waals surface area (Å²) in [5, 5.41) is 3.87. The van der Waals surface area contributed by atoms with Crippen LogP contribution >= 0.6 is 11.8 Å². The van der Waals surface area contributed by atoms with Crippen LogP contribution in [0.1, 0.15) is 34.0 Å². The maximum absolute atomic E-state index is 13.4. The Balaban J connectivity index is 1.53. The molecule has 0 radical (unpaired) electrons. The molecule has 2 aromatic carbocycles. The van der Waals surface area contributed by atoms with Crippen LogP contribution in [0.25, 0.3) is 0 Å². The fourth-order valence-electron chi connectivity index (χ4n) is 4.05. The molecular formula is C26H31N5O2S. The summed E-state index contributed by atoms with van der Waals surface area (Å²) in [6.07, 6.45) is 4.46. The summed E-state index contributed by atoms with van der Waals surface area (Å²) in [6, 6.07) is 18.3. The number of rotatable bonds is 9. The second kappa shape index (κ2) is 11.5. The lowest BCUT2D eigenvalue weighted by Crippen LogP contribution is -2.33. The normalized spacial score (nSPS) is 14.6. The molecule has 3 aromatic rings. The van der Waals surface area contributed by atoms with Crippen molar-refractivity contribution >= 4 is 29.2 Å². The first-order valence-corrected chi connectivity index (χ1v) is 12.7. The van der Waals surface area contributed by atoms with Crippen LogP contribution in [0.15, 0.2) is 66.0 Å². The minimum absolute atomic E-state index is 0.000399. The minimum Gasteiger partial charge on any atom is -0.369 e. The number of carbonyl (C=O) groups is 1. The number of carbonyl (C=O) groups excluding carboxylic acids is 1. The zero-order valence-electron chi connectivity index (χ0n) is 19.9. The molecule has 34 heavy (non-hydrogen) atoms. The van der Waals surface area contributed by atoms with Crippen LogP contribution in [-0.2, 0) is 11.3 Å². The first-order valence-electron chi connectivity index (χ1n) is 11.4. The van der Waals surface area contributed by atoms with Crippen molar-refractivity contribution in [1.29, 1.82) is 0 Å². The predicted octanol–water partition coefficient (Wildman–Crippen LogP) is 4.16. The maximum Gasteiger partial charge on any atom is 0.263 e. The number of fused-ring (bicyclic) bond motifs is 1. The maximum atomic E-state index is 13.4. The van der Waals surface area contributed by atoms with Gasteiger partial charge >= 0.3 is 0 Å². The highest BCUT2D eigenvalue weighted by atomic mass is 32.2. The third kappa shape index (κ3) is 5.58. The molecule has 2 heterocycles. The van der Waals surface area contributed by atoms with Gasteiger partial charge in [-0.1, -0.05) is 54.2 Å². The monoisotopic (exact) mass is 477 g/mol. The number of aromatic nitrogens is 2. The molecule has 0 saturated carbocycles. The Hall–Kier alpha value is -2.94. The molecule has 8 heteroatoms. The zero-order valence-corrected chi connectivity index (χ0v) is 20.7. The largest absolute Gasteiger partial charge is 0.369 e. The van der Waals surface area contributed by atoms with E-state index < -0.39 is 0 Å². The van der Waals surface area contributed by atoms with Gasteiger partial charge in [0.15, 0.2) is 5.16 Å². The summed E-state index contributed by atoms with van der Waals surface area (Å²) in [7, 11) is 3.91. The molecule has 1 N–H and O–H groups in total. The van der Waals surface area contributed by atoms with Crippen LogP contribution in [-0.4, -0.2) is 55.9 Å². The topological polar surface area (TPSA) is 70.6 Å². The average molecular weight is 478 g/mol. The third-order valence-corrected chi connectivity index (χ3v) is 6.49. The van der Waals surface area contributed by atoms with E-state index in [2.05, 4.69) is 27.4 Å². The smallest absolute Gasteiger partial charge is 0.263 e. The van der Waals surface area contributed by atoms with Crippen LogP contribution in [0.2, 0.25) is 0 Å². The highest BCUT2D eigenvalue weighted by molar-refractivity contribution is 7.98. The van der Waals surface area contributed by atoms with E-state index in [1.54, 1.807) is 6.20 Å². The zero-order chi connectivity index (χ0) is 23.9. The van der Waals surface area contributed by atoms with E-state index in [0.29, 0.717) is 36.2 Å². The van der Waals surface area contributed by atoms with Crippen LogP contribution in [0.4, 0.5) is 11.5 Å². The van der Waals surface area contributed by atoms with Gasteiger partial charge in [-0.05, 0) is 49.5 Å². The number of thioether (sulfide) groups is 1. The molecule has 0 fully saturated rings. The third-order valence-electron chi connectivity index (χ3n) is 5.93. The van der Waals surface area contributed by atoms with Gasteiger partial charge in [0.05, 0.1) is 12.7 Å². The number of amides is 1. The highest BCUT2D eigenvalue weighted by Gasteiger charge is 2.28. The Labute approximate surface area is 205 Å². The van der Waals surface area contributed by atoms with Crippen molar-refractivity contribution < 1.29 is 9.53 Å². The van der Waals surface area contributed by atoms with Gasteiger partial charge in [0.1, 0.15) is 11.4 Å². The summed E-state index contributed by atoms with van der Waals surface area (Å²) in [5.41, 5.74) is 3.58. The van der Waals surface area contributed by atoms with E-state index in [4.69, 9.17) is 4.74 Å². The van der Waals surface area contributed by atoms with Gasteiger partial charge in [-0.2, -0.15) is 0 Å². The molecule has 7 nitrogen and oxygen atoms in total. The van der Waals surface area contributed by atoms with Crippen molar-refractivity contribution in [3.05, 3.63) is 77.5 Å². The Bertz CT molecular complexity index is 1110. The molecule has 1 atom stereocenters. The molecule has 1 aliphatic heterocycles. The van der Waals surface area contributed by atoms with E-state index in [1.807, 2.05) is 72.6 Å². The van der Waals surface area contributed by atoms with E-state index in [0.717, 1.165) is 24.2 Å². The number of hydrogen-bond acceptors (Lipinski definition) is 7. The van der Waals surface area contributed by atoms with Crippen molar-refractivity contribution in [3.63, 3.8) is 0 Å². The van der Waals surface area contributed by atoms with Crippen LogP contribution in [0.3, 0.4) is 0 Å². The fraction of sp³-hybridized carbons (Fsp3) is 0.346. The number of likely N-dealkylation sites (N-methyl/N-ethyl adjacent to an activating group) is 1. The molecule has 1 aromatic heterocycles. The minimum atomic E-state index is -0.0822. The van der Waals surface area contributed by atoms with E-state index >= 15 is 0 Å². The van der Waals surface area contributed by atoms with Crippen molar-refractivity contribution in [1.82, 2.24) is 15.3 Å². The summed E-state index contributed by atoms with van der Waals surface area (Å²) in [6.45, 7) is 2.59. The summed E-state index contributed by atoms with van der Waals surface area (Å²) in [5.74, 6) is 0.600. The Morgan fingerprint density at radius 2 is 1.97 bits per heavy atom. The van der Waals surface area contributed by atoms with Crippen molar-refractivity contribution in [2.75, 3.05) is 49.8 Å². The first-order chi connectivity index (χ1) is 16.6. The Kier molecular flexibility index (Phi) is 8.16. The van der Waals surface area contributed by atoms with Gasteiger partial charge < -0.3 is 19.9 Å². The van der Waals surface area contributed by atoms with Gasteiger partial charge in [-0.3, -0.25) is 4.79 Å². The molecule has 0 saturated heterocycles. The standard InChI is InChI=1S/C26H31N5O2S/c1-27-13-12-23(20-9-5-4-6-10-20)33-18-19-8-7-11-21(16-19)31-15-14-30(2)24-22(25(31)32)17-28-26(29-24)34-3/h4-11,16-17,23,27H,12-15,18H2,1-3H3. The quantitative estimate of drug-likeness (QED) is 0.366. The van der Waals surface area contributed by atoms with Gasteiger partial charge in [0.25, 0.3) is 5.91 Å². The molecule has 1 aliphatic rings. The summed E-state index contributed by atoms with van der Waals surface area (Å²) in [4.78, 5) is 26.2. The average Bonchev–Trinajstić information content (AvgIpc) is 3.00. The summed E-state index contributed by atoms with van der Waals surface area (Å²) < 4.78 is 6.34. The number of hydrogen-bond donors (Lipinski definition) is 1. The molecule has 1 amide bonds. The molecule has 178 valence electrons. The van der Waals surface area contributed by atoms with Crippen LogP contribution in [0, 0.1) is 0 Å². The van der Waals surface area contributed by atoms with Gasteiger partial charge in [0.2, 0.25) is 0 Å². The second-order valence-electron chi connectivity index (χ2n) is 8.24. The highest BCUT2D eigenvalue weighted by Crippen LogP contribution is 2.28. The lowest BCUT2D eigenvalue weighted by atomic mass is 10.1. The second-order valence-corrected chi connectivity index (χ2v) is 9.02. The predicted molar refractivity (Wildman–Crippen MR) is 138 cm³/mol. The fourth-order valence-corrected chi connectivity index (χ4v) is 4.38. The summed E-state index contributed by atoms with van der Waals surface area (Å²) >= 11 is 1.47. The number of benzene rings is 2. The lowest BCUT2D eigenvalue weighted by molar-refractivity contribution is 0.0344. The molecule has 4 rings (SSSR count). The molecule has 0 aliphatic carbocycles. The van der Waals surface area contributed by atoms with Gasteiger partial charge in [-0.15, -0.1) is 0 Å². The van der Waals surface area contributed by atoms with Crippen molar-refractivity contribution in [3.8, 4) is 0 Å². The SMILES string of the molecule is CNCCC(OCc1cccc(N2CCN(C)c3nc(SC)ncc3C2=O)c1)c1ccccc1. The Morgan fingerprint density at radius 3 is 2.74 bits per heavy atom. The first kappa shape index (κ1) is 24.2. The van der Waals surface area contributed by atoms with Crippen LogP contribution < -0.4 is 15.1 Å². The van der Waals surface area contributed by atoms with Crippen LogP contribution in [0.5, 0.6) is 0 Å². The van der Waals surface area contributed by atoms with E-state index in [1.165, 1.54) is 17.3 Å². The van der Waals surface area contributed by atoms with Crippen molar-refractivity contribution in [2.45, 2.75) is 24.3 Å². The van der Waals surface area contributed by atoms with E-state index in [9.17, 15) is 4.79 Å². The van der Waals surface area contributed by atoms with Gasteiger partial charge in [-0.25, -0.2) is 9.97 Å².